The number of carbonyl (C=O) groups excluding carboxylic acids is 1. The lowest BCUT2D eigenvalue weighted by molar-refractivity contribution is -0.142. The highest BCUT2D eigenvalue weighted by Gasteiger charge is 2.37. The van der Waals surface area contributed by atoms with Crippen molar-refractivity contribution in [3.63, 3.8) is 0 Å². The van der Waals surface area contributed by atoms with Crippen LogP contribution in [0.2, 0.25) is 0 Å². The van der Waals surface area contributed by atoms with Crippen LogP contribution in [-0.2, 0) is 14.3 Å². The summed E-state index contributed by atoms with van der Waals surface area (Å²) in [6, 6.07) is 0.468. The van der Waals surface area contributed by atoms with Crippen molar-refractivity contribution in [3.8, 4) is 0 Å². The molecule has 0 unspecified atom stereocenters. The normalized spacial score (nSPS) is 28.3. The zero-order valence-electron chi connectivity index (χ0n) is 14.6. The predicted molar refractivity (Wildman–Crippen MR) is 86.8 cm³/mol. The third-order valence-electron chi connectivity index (χ3n) is 4.81. The Balaban J connectivity index is 1.81. The Hall–Kier alpha value is -0.650. The van der Waals surface area contributed by atoms with Crippen LogP contribution >= 0.6 is 0 Å². The summed E-state index contributed by atoms with van der Waals surface area (Å²) < 4.78 is 11.1. The lowest BCUT2D eigenvalue weighted by atomic mass is 10.0. The van der Waals surface area contributed by atoms with Gasteiger partial charge in [0, 0.05) is 38.8 Å². The average molecular weight is 312 g/mol. The molecule has 5 heteroatoms. The summed E-state index contributed by atoms with van der Waals surface area (Å²) in [7, 11) is 0. The number of ether oxygens (including phenoxy) is 2. The van der Waals surface area contributed by atoms with Crippen molar-refractivity contribution in [1.82, 2.24) is 9.80 Å². The molecule has 2 heterocycles. The van der Waals surface area contributed by atoms with Crippen LogP contribution in [0.4, 0.5) is 0 Å². The Morgan fingerprint density at radius 3 is 2.55 bits per heavy atom. The van der Waals surface area contributed by atoms with E-state index in [2.05, 4.69) is 25.7 Å². The first-order valence-corrected chi connectivity index (χ1v) is 8.71. The van der Waals surface area contributed by atoms with Gasteiger partial charge in [-0.15, -0.1) is 0 Å². The van der Waals surface area contributed by atoms with Crippen molar-refractivity contribution in [3.05, 3.63) is 0 Å². The maximum atomic E-state index is 12.6. The average Bonchev–Trinajstić information content (AvgIpc) is 2.88. The number of carbonyl (C=O) groups is 1. The van der Waals surface area contributed by atoms with Gasteiger partial charge in [0.05, 0.1) is 13.2 Å². The molecule has 2 saturated heterocycles. The Morgan fingerprint density at radius 1 is 1.23 bits per heavy atom. The molecule has 0 radical (unpaired) electrons. The highest BCUT2D eigenvalue weighted by atomic mass is 16.5. The van der Waals surface area contributed by atoms with Crippen LogP contribution in [0, 0.1) is 11.8 Å². The second-order valence-electron chi connectivity index (χ2n) is 7.13. The molecule has 0 bridgehead atoms. The molecule has 2 rings (SSSR count). The number of amides is 1. The van der Waals surface area contributed by atoms with Gasteiger partial charge in [-0.25, -0.2) is 0 Å². The molecule has 1 amide bonds. The molecule has 0 aromatic rings. The van der Waals surface area contributed by atoms with Gasteiger partial charge in [0.2, 0.25) is 0 Å². The summed E-state index contributed by atoms with van der Waals surface area (Å²) in [6.07, 6.45) is 0.680. The summed E-state index contributed by atoms with van der Waals surface area (Å²) in [5.41, 5.74) is 0. The van der Waals surface area contributed by atoms with Crippen LogP contribution in [0.25, 0.3) is 0 Å². The molecule has 2 aliphatic rings. The molecular weight excluding hydrogens is 280 g/mol. The largest absolute Gasteiger partial charge is 0.379 e. The molecule has 22 heavy (non-hydrogen) atoms. The van der Waals surface area contributed by atoms with Gasteiger partial charge < -0.3 is 14.4 Å². The highest BCUT2D eigenvalue weighted by Crippen LogP contribution is 2.23. The summed E-state index contributed by atoms with van der Waals surface area (Å²) in [5, 5.41) is 0. The van der Waals surface area contributed by atoms with Gasteiger partial charge >= 0.3 is 0 Å². The van der Waals surface area contributed by atoms with Crippen LogP contribution in [0.15, 0.2) is 0 Å². The smallest absolute Gasteiger partial charge is 0.251 e. The van der Waals surface area contributed by atoms with Gasteiger partial charge in [-0.3, -0.25) is 9.69 Å². The van der Waals surface area contributed by atoms with Gasteiger partial charge in [0.15, 0.2) is 0 Å². The maximum Gasteiger partial charge on any atom is 0.251 e. The Bertz CT molecular complexity index is 356. The van der Waals surface area contributed by atoms with Crippen molar-refractivity contribution in [1.29, 1.82) is 0 Å². The number of rotatable bonds is 6. The lowest BCUT2D eigenvalue weighted by Crippen LogP contribution is -2.47. The first-order chi connectivity index (χ1) is 10.5. The zero-order valence-corrected chi connectivity index (χ0v) is 14.6. The van der Waals surface area contributed by atoms with Gasteiger partial charge in [0.25, 0.3) is 5.91 Å². The number of likely N-dealkylation sites (tertiary alicyclic amines) is 1. The van der Waals surface area contributed by atoms with Crippen molar-refractivity contribution in [2.75, 3.05) is 46.0 Å². The van der Waals surface area contributed by atoms with E-state index in [0.29, 0.717) is 24.5 Å². The molecule has 0 spiro atoms. The van der Waals surface area contributed by atoms with Crippen molar-refractivity contribution >= 4 is 5.91 Å². The van der Waals surface area contributed by atoms with E-state index in [1.165, 1.54) is 0 Å². The van der Waals surface area contributed by atoms with Crippen LogP contribution < -0.4 is 0 Å². The van der Waals surface area contributed by atoms with Crippen LogP contribution in [0.5, 0.6) is 0 Å². The van der Waals surface area contributed by atoms with E-state index in [0.717, 1.165) is 45.8 Å². The molecule has 2 fully saturated rings. The topological polar surface area (TPSA) is 42.0 Å². The number of hydrogen-bond acceptors (Lipinski definition) is 4. The van der Waals surface area contributed by atoms with E-state index in [4.69, 9.17) is 9.47 Å². The van der Waals surface area contributed by atoms with E-state index in [9.17, 15) is 4.79 Å². The fraction of sp³-hybridized carbons (Fsp3) is 0.941. The molecule has 128 valence electrons. The molecule has 3 atom stereocenters. The Kier molecular flexibility index (Phi) is 6.66. The standard InChI is InChI=1S/C17H32N2O3/c1-13(2)5-8-22-15(4)17(20)19-11-14(3)16(12-19)18-6-9-21-10-7-18/h13-16H,5-12H2,1-4H3/t14-,15+,16+/m0/s1. The molecule has 5 nitrogen and oxygen atoms in total. The third kappa shape index (κ3) is 4.67. The predicted octanol–water partition coefficient (Wildman–Crippen LogP) is 1.62. The zero-order chi connectivity index (χ0) is 16.1. The van der Waals surface area contributed by atoms with E-state index in [1.54, 1.807) is 0 Å². The summed E-state index contributed by atoms with van der Waals surface area (Å²) in [6.45, 7) is 14.4. The molecular formula is C17H32N2O3. The Morgan fingerprint density at radius 2 is 1.91 bits per heavy atom. The van der Waals surface area contributed by atoms with E-state index >= 15 is 0 Å². The molecule has 0 N–H and O–H groups in total. The van der Waals surface area contributed by atoms with E-state index in [-0.39, 0.29) is 12.0 Å². The molecule has 2 aliphatic heterocycles. The second-order valence-corrected chi connectivity index (χ2v) is 7.13. The van der Waals surface area contributed by atoms with Gasteiger partial charge in [-0.1, -0.05) is 20.8 Å². The third-order valence-corrected chi connectivity index (χ3v) is 4.81. The molecule has 0 aromatic carbocycles. The fourth-order valence-electron chi connectivity index (χ4n) is 3.32. The molecule has 0 saturated carbocycles. The minimum absolute atomic E-state index is 0.145. The quantitative estimate of drug-likeness (QED) is 0.747. The second kappa shape index (κ2) is 8.27. The SMILES string of the molecule is CC(C)CCO[C@H](C)C(=O)N1C[C@@H](N2CCOCC2)[C@@H](C)C1. The first-order valence-electron chi connectivity index (χ1n) is 8.71. The van der Waals surface area contributed by atoms with Crippen molar-refractivity contribution in [2.24, 2.45) is 11.8 Å². The van der Waals surface area contributed by atoms with Crippen molar-refractivity contribution < 1.29 is 14.3 Å². The maximum absolute atomic E-state index is 12.6. The number of morpholine rings is 1. The Labute approximate surface area is 134 Å². The lowest BCUT2D eigenvalue weighted by Gasteiger charge is -2.34. The van der Waals surface area contributed by atoms with Gasteiger partial charge in [0.1, 0.15) is 6.10 Å². The summed E-state index contributed by atoms with van der Waals surface area (Å²) in [5.74, 6) is 1.27. The minimum Gasteiger partial charge on any atom is -0.379 e. The fourth-order valence-corrected chi connectivity index (χ4v) is 3.32. The van der Waals surface area contributed by atoms with E-state index < -0.39 is 0 Å². The highest BCUT2D eigenvalue weighted by molar-refractivity contribution is 5.80. The van der Waals surface area contributed by atoms with Gasteiger partial charge in [-0.05, 0) is 25.2 Å². The number of hydrogen-bond donors (Lipinski definition) is 0. The molecule has 0 aromatic heterocycles. The van der Waals surface area contributed by atoms with Crippen LogP contribution in [0.3, 0.4) is 0 Å². The van der Waals surface area contributed by atoms with E-state index in [1.807, 2.05) is 11.8 Å². The van der Waals surface area contributed by atoms with Crippen molar-refractivity contribution in [2.45, 2.75) is 46.3 Å². The van der Waals surface area contributed by atoms with Crippen LogP contribution in [0.1, 0.15) is 34.1 Å². The monoisotopic (exact) mass is 312 g/mol. The minimum atomic E-state index is -0.325. The molecule has 0 aliphatic carbocycles. The summed E-state index contributed by atoms with van der Waals surface area (Å²) >= 11 is 0. The van der Waals surface area contributed by atoms with Crippen LogP contribution in [-0.4, -0.2) is 73.9 Å². The first kappa shape index (κ1) is 17.7. The number of nitrogens with zero attached hydrogens (tertiary/aromatic N) is 2. The summed E-state index contributed by atoms with van der Waals surface area (Å²) in [4.78, 5) is 17.0. The van der Waals surface area contributed by atoms with Gasteiger partial charge in [-0.2, -0.15) is 0 Å².